The quantitative estimate of drug-likeness (QED) is 0.766. The van der Waals surface area contributed by atoms with Crippen molar-refractivity contribution in [3.63, 3.8) is 0 Å². The van der Waals surface area contributed by atoms with Crippen LogP contribution in [0.2, 0.25) is 0 Å². The van der Waals surface area contributed by atoms with Gasteiger partial charge in [-0.25, -0.2) is 4.79 Å². The van der Waals surface area contributed by atoms with E-state index in [4.69, 9.17) is 18.9 Å². The third-order valence-corrected chi connectivity index (χ3v) is 4.11. The van der Waals surface area contributed by atoms with E-state index in [2.05, 4.69) is 5.32 Å². The summed E-state index contributed by atoms with van der Waals surface area (Å²) in [5.74, 6) is -1.02. The summed E-state index contributed by atoms with van der Waals surface area (Å²) < 4.78 is 22.8. The first-order valence-corrected chi connectivity index (χ1v) is 9.44. The summed E-state index contributed by atoms with van der Waals surface area (Å²) >= 11 is 0. The lowest BCUT2D eigenvalue weighted by Gasteiger charge is -2.31. The van der Waals surface area contributed by atoms with Gasteiger partial charge < -0.3 is 24.3 Å². The molecule has 28 heavy (non-hydrogen) atoms. The predicted molar refractivity (Wildman–Crippen MR) is 104 cm³/mol. The zero-order valence-corrected chi connectivity index (χ0v) is 17.5. The molecule has 1 aliphatic rings. The van der Waals surface area contributed by atoms with Crippen molar-refractivity contribution in [2.45, 2.75) is 77.8 Å². The van der Waals surface area contributed by atoms with Crippen LogP contribution in [-0.4, -0.2) is 48.1 Å². The Balaban J connectivity index is 2.18. The molecule has 0 bridgehead atoms. The van der Waals surface area contributed by atoms with Crippen molar-refractivity contribution < 1.29 is 28.5 Å². The predicted octanol–water partition coefficient (Wildman–Crippen LogP) is 3.21. The number of benzene rings is 1. The number of ketones is 1. The minimum absolute atomic E-state index is 0.217. The minimum atomic E-state index is -0.907. The van der Waals surface area contributed by atoms with Crippen LogP contribution in [0.5, 0.6) is 0 Å². The molecule has 0 spiro atoms. The SMILES string of the molecule is CC(=O)[C@H](OCc1ccccc1)[C@@H](NC(=O)OC(C)(C)C)[C@H]1COC(C)(C)O1. The van der Waals surface area contributed by atoms with Crippen LogP contribution in [0, 0.1) is 0 Å². The Morgan fingerprint density at radius 3 is 2.39 bits per heavy atom. The molecule has 1 amide bonds. The fourth-order valence-electron chi connectivity index (χ4n) is 2.93. The second kappa shape index (κ2) is 9.03. The molecule has 1 fully saturated rings. The Bertz CT molecular complexity index is 667. The van der Waals surface area contributed by atoms with Crippen molar-refractivity contribution in [2.24, 2.45) is 0 Å². The molecule has 0 aromatic heterocycles. The molecule has 1 heterocycles. The van der Waals surface area contributed by atoms with Crippen molar-refractivity contribution in [2.75, 3.05) is 6.61 Å². The number of carbonyl (C=O) groups is 2. The van der Waals surface area contributed by atoms with Crippen LogP contribution >= 0.6 is 0 Å². The molecule has 1 aliphatic heterocycles. The molecule has 7 nitrogen and oxygen atoms in total. The number of Topliss-reactive ketones (excluding diaryl/α,β-unsaturated/α-hetero) is 1. The first-order valence-electron chi connectivity index (χ1n) is 9.44. The molecule has 1 aromatic carbocycles. The third kappa shape index (κ3) is 6.89. The van der Waals surface area contributed by atoms with E-state index in [-0.39, 0.29) is 19.0 Å². The maximum Gasteiger partial charge on any atom is 0.408 e. The molecule has 1 N–H and O–H groups in total. The summed E-state index contributed by atoms with van der Waals surface area (Å²) in [4.78, 5) is 24.8. The fraction of sp³-hybridized carbons (Fsp3) is 0.619. The van der Waals surface area contributed by atoms with E-state index in [1.54, 1.807) is 34.6 Å². The van der Waals surface area contributed by atoms with E-state index in [1.165, 1.54) is 6.92 Å². The van der Waals surface area contributed by atoms with E-state index in [9.17, 15) is 9.59 Å². The Labute approximate surface area is 166 Å². The highest BCUT2D eigenvalue weighted by Crippen LogP contribution is 2.27. The summed E-state index contributed by atoms with van der Waals surface area (Å²) in [7, 11) is 0. The highest BCUT2D eigenvalue weighted by atomic mass is 16.7. The van der Waals surface area contributed by atoms with Gasteiger partial charge in [0.15, 0.2) is 11.6 Å². The lowest BCUT2D eigenvalue weighted by Crippen LogP contribution is -2.56. The number of nitrogens with one attached hydrogen (secondary N) is 1. The van der Waals surface area contributed by atoms with Crippen LogP contribution in [0.3, 0.4) is 0 Å². The molecular weight excluding hydrogens is 362 g/mol. The molecular formula is C21H31NO6. The average Bonchev–Trinajstić information content (AvgIpc) is 2.93. The topological polar surface area (TPSA) is 83.1 Å². The van der Waals surface area contributed by atoms with Crippen molar-refractivity contribution in [1.29, 1.82) is 0 Å². The van der Waals surface area contributed by atoms with Gasteiger partial charge in [0.25, 0.3) is 0 Å². The smallest absolute Gasteiger partial charge is 0.408 e. The van der Waals surface area contributed by atoms with E-state index < -0.39 is 35.7 Å². The molecule has 0 radical (unpaired) electrons. The molecule has 156 valence electrons. The number of amides is 1. The minimum Gasteiger partial charge on any atom is -0.444 e. The molecule has 0 aliphatic carbocycles. The summed E-state index contributed by atoms with van der Waals surface area (Å²) in [5.41, 5.74) is 0.256. The van der Waals surface area contributed by atoms with Crippen molar-refractivity contribution in [3.05, 3.63) is 35.9 Å². The first kappa shape index (κ1) is 22.3. The molecule has 3 atom stereocenters. The standard InChI is InChI=1S/C21H31NO6/c1-14(23)18(25-12-15-10-8-7-9-11-15)17(16-13-26-21(5,6)27-16)22-19(24)28-20(2,3)4/h7-11,16-18H,12-13H2,1-6H3,(H,22,24)/t16-,17+,18+/m1/s1. The lowest BCUT2D eigenvalue weighted by atomic mass is 10.0. The summed E-state index contributed by atoms with van der Waals surface area (Å²) in [6, 6.07) is 8.77. The zero-order chi connectivity index (χ0) is 20.9. The highest BCUT2D eigenvalue weighted by molar-refractivity contribution is 5.82. The lowest BCUT2D eigenvalue weighted by molar-refractivity contribution is -0.153. The Morgan fingerprint density at radius 1 is 1.25 bits per heavy atom. The van der Waals surface area contributed by atoms with Crippen molar-refractivity contribution in [3.8, 4) is 0 Å². The van der Waals surface area contributed by atoms with Crippen molar-refractivity contribution in [1.82, 2.24) is 5.32 Å². The molecule has 7 heteroatoms. The number of rotatable bonds is 7. The maximum atomic E-state index is 12.4. The number of hydrogen-bond acceptors (Lipinski definition) is 6. The van der Waals surface area contributed by atoms with Gasteiger partial charge in [0.05, 0.1) is 19.3 Å². The molecule has 0 unspecified atom stereocenters. The number of ether oxygens (including phenoxy) is 4. The van der Waals surface area contributed by atoms with E-state index in [0.29, 0.717) is 0 Å². The van der Waals surface area contributed by atoms with Gasteiger partial charge in [-0.15, -0.1) is 0 Å². The Kier molecular flexibility index (Phi) is 7.20. The average molecular weight is 393 g/mol. The monoisotopic (exact) mass is 393 g/mol. The van der Waals surface area contributed by atoms with Crippen molar-refractivity contribution >= 4 is 11.9 Å². The largest absolute Gasteiger partial charge is 0.444 e. The van der Waals surface area contributed by atoms with Gasteiger partial charge in [-0.05, 0) is 47.1 Å². The molecule has 1 saturated heterocycles. The van der Waals surface area contributed by atoms with Crippen LogP contribution in [0.25, 0.3) is 0 Å². The Morgan fingerprint density at radius 2 is 1.89 bits per heavy atom. The van der Waals surface area contributed by atoms with Gasteiger partial charge in [-0.3, -0.25) is 4.79 Å². The molecule has 1 aromatic rings. The van der Waals surface area contributed by atoms with Gasteiger partial charge in [-0.2, -0.15) is 0 Å². The van der Waals surface area contributed by atoms with Gasteiger partial charge in [-0.1, -0.05) is 30.3 Å². The Hall–Kier alpha value is -1.96. The van der Waals surface area contributed by atoms with Crippen LogP contribution in [0.15, 0.2) is 30.3 Å². The van der Waals surface area contributed by atoms with E-state index >= 15 is 0 Å². The van der Waals surface area contributed by atoms with Gasteiger partial charge in [0.2, 0.25) is 0 Å². The number of hydrogen-bond donors (Lipinski definition) is 1. The zero-order valence-electron chi connectivity index (χ0n) is 17.5. The van der Waals surface area contributed by atoms with Gasteiger partial charge >= 0.3 is 6.09 Å². The highest BCUT2D eigenvalue weighted by Gasteiger charge is 2.43. The summed E-state index contributed by atoms with van der Waals surface area (Å²) in [6.07, 6.45) is -2.09. The second-order valence-corrected chi connectivity index (χ2v) is 8.37. The number of alkyl carbamates (subject to hydrolysis) is 1. The molecule has 0 saturated carbocycles. The van der Waals surface area contributed by atoms with Crippen LogP contribution < -0.4 is 5.32 Å². The van der Waals surface area contributed by atoms with Crippen LogP contribution in [0.4, 0.5) is 4.79 Å². The number of carbonyl (C=O) groups excluding carboxylic acids is 2. The first-order chi connectivity index (χ1) is 13.0. The molecule has 2 rings (SSSR count). The van der Waals surface area contributed by atoms with Crippen LogP contribution in [-0.2, 0) is 30.3 Å². The van der Waals surface area contributed by atoms with Crippen LogP contribution in [0.1, 0.15) is 47.1 Å². The fourth-order valence-corrected chi connectivity index (χ4v) is 2.93. The normalized spacial score (nSPS) is 21.0. The van der Waals surface area contributed by atoms with Gasteiger partial charge in [0, 0.05) is 0 Å². The summed E-state index contributed by atoms with van der Waals surface area (Å²) in [6.45, 7) is 10.8. The maximum absolute atomic E-state index is 12.4. The second-order valence-electron chi connectivity index (χ2n) is 8.37. The third-order valence-electron chi connectivity index (χ3n) is 4.11. The summed E-state index contributed by atoms with van der Waals surface area (Å²) in [5, 5.41) is 2.76. The van der Waals surface area contributed by atoms with E-state index in [0.717, 1.165) is 5.56 Å². The van der Waals surface area contributed by atoms with Gasteiger partial charge in [0.1, 0.15) is 17.8 Å². The van der Waals surface area contributed by atoms with E-state index in [1.807, 2.05) is 30.3 Å².